The fraction of sp³-hybridized carbons (Fsp3) is 0.308. The van der Waals surface area contributed by atoms with Crippen molar-refractivity contribution in [3.63, 3.8) is 0 Å². The zero-order valence-electron chi connectivity index (χ0n) is 10.3. The lowest BCUT2D eigenvalue weighted by molar-refractivity contribution is -0.145. The van der Waals surface area contributed by atoms with Crippen molar-refractivity contribution >= 4 is 17.9 Å². The molecule has 1 N–H and O–H groups in total. The number of carbonyl (C=O) groups is 3. The second-order valence-corrected chi connectivity index (χ2v) is 3.77. The van der Waals surface area contributed by atoms with Crippen molar-refractivity contribution in [3.8, 4) is 0 Å². The molecule has 0 aromatic rings. The van der Waals surface area contributed by atoms with Crippen LogP contribution in [0.25, 0.3) is 0 Å². The molecule has 0 radical (unpaired) electrons. The van der Waals surface area contributed by atoms with Gasteiger partial charge in [-0.25, -0.2) is 4.79 Å². The van der Waals surface area contributed by atoms with E-state index in [4.69, 9.17) is 14.6 Å². The van der Waals surface area contributed by atoms with Crippen LogP contribution in [-0.4, -0.2) is 29.6 Å². The third-order valence-electron chi connectivity index (χ3n) is 2.20. The molecule has 0 saturated heterocycles. The molecule has 0 aliphatic heterocycles. The van der Waals surface area contributed by atoms with Crippen LogP contribution in [0.1, 0.15) is 19.3 Å². The van der Waals surface area contributed by atoms with Crippen molar-refractivity contribution in [2.75, 3.05) is 6.61 Å². The van der Waals surface area contributed by atoms with E-state index in [-0.39, 0.29) is 31.6 Å². The van der Waals surface area contributed by atoms with E-state index >= 15 is 0 Å². The summed E-state index contributed by atoms with van der Waals surface area (Å²) in [6.07, 6.45) is 4.65. The highest BCUT2D eigenvalue weighted by atomic mass is 16.5. The number of carboxylic acid groups (broad SMARTS) is 1. The van der Waals surface area contributed by atoms with Gasteiger partial charge >= 0.3 is 17.9 Å². The Bertz CT molecular complexity index is 458. The van der Waals surface area contributed by atoms with Crippen LogP contribution in [0.3, 0.4) is 0 Å². The van der Waals surface area contributed by atoms with Crippen molar-refractivity contribution in [3.05, 3.63) is 36.1 Å². The second-order valence-electron chi connectivity index (χ2n) is 3.77. The van der Waals surface area contributed by atoms with E-state index < -0.39 is 17.9 Å². The zero-order chi connectivity index (χ0) is 14.3. The molecule has 0 amide bonds. The predicted molar refractivity (Wildman–Crippen MR) is 64.9 cm³/mol. The van der Waals surface area contributed by atoms with Crippen molar-refractivity contribution in [2.45, 2.75) is 19.3 Å². The molecule has 6 nitrogen and oxygen atoms in total. The van der Waals surface area contributed by atoms with Gasteiger partial charge in [0.15, 0.2) is 0 Å². The molecule has 0 unspecified atom stereocenters. The van der Waals surface area contributed by atoms with Crippen LogP contribution < -0.4 is 0 Å². The lowest BCUT2D eigenvalue weighted by Gasteiger charge is -2.09. The van der Waals surface area contributed by atoms with Gasteiger partial charge in [0.2, 0.25) is 0 Å². The number of carbonyl (C=O) groups excluding carboxylic acids is 2. The van der Waals surface area contributed by atoms with Gasteiger partial charge < -0.3 is 14.6 Å². The number of hydrogen-bond acceptors (Lipinski definition) is 5. The van der Waals surface area contributed by atoms with Crippen molar-refractivity contribution in [1.29, 1.82) is 0 Å². The summed E-state index contributed by atoms with van der Waals surface area (Å²) in [4.78, 5) is 32.6. The number of rotatable bonds is 8. The number of aliphatic carboxylic acids is 1. The Morgan fingerprint density at radius 3 is 2.42 bits per heavy atom. The summed E-state index contributed by atoms with van der Waals surface area (Å²) in [6.45, 7) is 3.54. The monoisotopic (exact) mass is 266 g/mol. The summed E-state index contributed by atoms with van der Waals surface area (Å²) < 4.78 is 9.66. The van der Waals surface area contributed by atoms with Crippen LogP contribution >= 0.6 is 0 Å². The van der Waals surface area contributed by atoms with E-state index in [1.54, 1.807) is 18.2 Å². The first-order valence-electron chi connectivity index (χ1n) is 5.65. The molecule has 1 aliphatic carbocycles. The first-order chi connectivity index (χ1) is 8.99. The van der Waals surface area contributed by atoms with Gasteiger partial charge in [-0.3, -0.25) is 9.59 Å². The molecule has 102 valence electrons. The van der Waals surface area contributed by atoms with Crippen LogP contribution in [-0.2, 0) is 23.9 Å². The number of allylic oxidation sites excluding steroid dienone is 2. The maximum Gasteiger partial charge on any atom is 0.338 e. The Morgan fingerprint density at radius 2 is 1.89 bits per heavy atom. The fourth-order valence-corrected chi connectivity index (χ4v) is 1.14. The molecule has 0 fully saturated rings. The van der Waals surface area contributed by atoms with Gasteiger partial charge in [0.05, 0.1) is 25.0 Å². The summed E-state index contributed by atoms with van der Waals surface area (Å²) >= 11 is 0. The van der Waals surface area contributed by atoms with Gasteiger partial charge in [0.1, 0.15) is 5.76 Å². The normalized spacial score (nSPS) is 12.1. The maximum atomic E-state index is 11.3. The van der Waals surface area contributed by atoms with E-state index in [9.17, 15) is 14.4 Å². The molecule has 0 spiro atoms. The highest BCUT2D eigenvalue weighted by molar-refractivity contribution is 5.94. The molecule has 0 atom stereocenters. The van der Waals surface area contributed by atoms with Crippen molar-refractivity contribution in [1.82, 2.24) is 0 Å². The van der Waals surface area contributed by atoms with Gasteiger partial charge in [-0.05, 0) is 12.2 Å². The van der Waals surface area contributed by atoms with Gasteiger partial charge in [-0.2, -0.15) is 0 Å². The molecule has 0 aromatic heterocycles. The van der Waals surface area contributed by atoms with E-state index in [0.717, 1.165) is 0 Å². The minimum Gasteiger partial charge on any atom is -0.481 e. The lowest BCUT2D eigenvalue weighted by atomic mass is 10.1. The van der Waals surface area contributed by atoms with Crippen LogP contribution in [0.2, 0.25) is 0 Å². The molecule has 0 saturated carbocycles. The number of ether oxygens (including phenoxy) is 2. The number of esters is 2. The Hall–Kier alpha value is -2.37. The zero-order valence-corrected chi connectivity index (χ0v) is 10.3. The van der Waals surface area contributed by atoms with Crippen LogP contribution in [0.15, 0.2) is 36.1 Å². The van der Waals surface area contributed by atoms with Crippen LogP contribution in [0.5, 0.6) is 0 Å². The molecule has 1 rings (SSSR count). The largest absolute Gasteiger partial charge is 0.481 e. The van der Waals surface area contributed by atoms with E-state index in [1.165, 1.54) is 0 Å². The lowest BCUT2D eigenvalue weighted by Crippen LogP contribution is -2.12. The second kappa shape index (κ2) is 7.15. The SMILES string of the molecule is C=C(CCOC(=O)C1=CC=C1)OC(=O)CCC(=O)O. The Kier molecular flexibility index (Phi) is 5.53. The topological polar surface area (TPSA) is 89.9 Å². The van der Waals surface area contributed by atoms with E-state index in [0.29, 0.717) is 5.57 Å². The van der Waals surface area contributed by atoms with Crippen LogP contribution in [0, 0.1) is 0 Å². The summed E-state index contributed by atoms with van der Waals surface area (Å²) in [5.41, 5.74) is 0.490. The van der Waals surface area contributed by atoms with Gasteiger partial charge in [0.25, 0.3) is 0 Å². The molecule has 19 heavy (non-hydrogen) atoms. The highest BCUT2D eigenvalue weighted by Gasteiger charge is 2.12. The first-order valence-corrected chi connectivity index (χ1v) is 5.65. The third-order valence-corrected chi connectivity index (χ3v) is 2.20. The smallest absolute Gasteiger partial charge is 0.338 e. The molecular weight excluding hydrogens is 252 g/mol. The van der Waals surface area contributed by atoms with Gasteiger partial charge in [-0.15, -0.1) is 0 Å². The quantitative estimate of drug-likeness (QED) is 0.526. The van der Waals surface area contributed by atoms with E-state index in [2.05, 4.69) is 6.58 Å². The third kappa shape index (κ3) is 5.67. The molecule has 0 aromatic carbocycles. The first kappa shape index (κ1) is 14.7. The minimum absolute atomic E-state index is 0.0507. The Balaban J connectivity index is 2.12. The number of hydrogen-bond donors (Lipinski definition) is 1. The van der Waals surface area contributed by atoms with Gasteiger partial charge in [0, 0.05) is 6.42 Å². The summed E-state index contributed by atoms with van der Waals surface area (Å²) in [5, 5.41) is 8.38. The maximum absolute atomic E-state index is 11.3. The predicted octanol–water partition coefficient (Wildman–Crippen LogP) is 1.34. The van der Waals surface area contributed by atoms with Crippen LogP contribution in [0.4, 0.5) is 0 Å². The van der Waals surface area contributed by atoms with Gasteiger partial charge in [-0.1, -0.05) is 12.7 Å². The molecule has 1 aliphatic rings. The fourth-order valence-electron chi connectivity index (χ4n) is 1.14. The summed E-state index contributed by atoms with van der Waals surface area (Å²) in [7, 11) is 0. The average molecular weight is 266 g/mol. The number of carboxylic acids is 1. The minimum atomic E-state index is -1.07. The van der Waals surface area contributed by atoms with Crippen molar-refractivity contribution in [2.24, 2.45) is 0 Å². The summed E-state index contributed by atoms with van der Waals surface area (Å²) in [6, 6.07) is 0. The highest BCUT2D eigenvalue weighted by Crippen LogP contribution is 2.10. The molecule has 0 bridgehead atoms. The Labute approximate surface area is 110 Å². The standard InChI is InChI=1S/C13H14O6/c1-9(19-12(16)6-5-11(14)15)7-8-18-13(17)10-3-2-4-10/h2-4H,1,5-8H2,(H,14,15). The molecular formula is C13H14O6. The van der Waals surface area contributed by atoms with E-state index in [1.807, 2.05) is 0 Å². The molecule has 0 heterocycles. The van der Waals surface area contributed by atoms with Crippen molar-refractivity contribution < 1.29 is 29.0 Å². The average Bonchev–Trinajstić information content (AvgIpc) is 2.23. The summed E-state index contributed by atoms with van der Waals surface area (Å²) in [5.74, 6) is -2.03. The molecule has 6 heteroatoms. The Morgan fingerprint density at radius 1 is 1.21 bits per heavy atom.